The highest BCUT2D eigenvalue weighted by Gasteiger charge is 2.56. The summed E-state index contributed by atoms with van der Waals surface area (Å²) in [4.78, 5) is 28.7. The molecule has 2 aromatic rings. The number of nitrogens with one attached hydrogen (secondary N) is 1. The average Bonchev–Trinajstić information content (AvgIpc) is 3.52. The molecule has 2 aromatic carbocycles. The number of carbonyl (C=O) groups excluding carboxylic acids is 2. The first-order chi connectivity index (χ1) is 16.5. The number of aliphatic hydroxyl groups excluding tert-OH is 1. The minimum absolute atomic E-state index is 0. The Labute approximate surface area is 205 Å². The maximum absolute atomic E-state index is 13.4. The first-order valence-corrected chi connectivity index (χ1v) is 11.9. The molecule has 8 heteroatoms. The van der Waals surface area contributed by atoms with Crippen LogP contribution in [0, 0.1) is 11.2 Å². The molecule has 2 fully saturated rings. The number of amides is 1. The van der Waals surface area contributed by atoms with Crippen molar-refractivity contribution in [2.75, 3.05) is 32.8 Å². The molecule has 0 unspecified atom stereocenters. The Bertz CT molecular complexity index is 1060. The number of fused-ring (bicyclic) bond motifs is 1. The number of nitrogens with zero attached hydrogens (tertiary/aromatic N) is 1. The van der Waals surface area contributed by atoms with Crippen LogP contribution in [0.4, 0.5) is 4.39 Å². The Balaban J connectivity index is 0.00000289. The summed E-state index contributed by atoms with van der Waals surface area (Å²) in [6.45, 7) is 3.20. The third kappa shape index (κ3) is 5.18. The van der Waals surface area contributed by atoms with Crippen LogP contribution in [0.25, 0.3) is 0 Å². The zero-order valence-electron chi connectivity index (χ0n) is 19.0. The fourth-order valence-electron chi connectivity index (χ4n) is 4.81. The molecular weight excluding hydrogens is 451 g/mol. The molecule has 188 valence electrons. The summed E-state index contributed by atoms with van der Waals surface area (Å²) in [5, 5.41) is 14.3. The molecule has 1 amide bonds. The summed E-state index contributed by atoms with van der Waals surface area (Å²) < 4.78 is 24.5. The van der Waals surface area contributed by atoms with Crippen LogP contribution in [-0.4, -0.2) is 60.6 Å². The SMILES string of the molecule is C.O=C(N[C@H](CN1CCCC1)[C@H](O)c1ccc2c(c1)OCCO2)C1(C(=O)c2ccc(F)cc2)CC1. The second-order valence-corrected chi connectivity index (χ2v) is 9.35. The van der Waals surface area contributed by atoms with Gasteiger partial charge in [0.1, 0.15) is 30.5 Å². The van der Waals surface area contributed by atoms with E-state index < -0.39 is 23.4 Å². The molecule has 7 nitrogen and oxygen atoms in total. The van der Waals surface area contributed by atoms with Crippen LogP contribution in [0.2, 0.25) is 0 Å². The van der Waals surface area contributed by atoms with Gasteiger partial charge in [-0.15, -0.1) is 0 Å². The molecule has 1 saturated carbocycles. The van der Waals surface area contributed by atoms with Gasteiger partial charge in [0.2, 0.25) is 5.91 Å². The standard InChI is InChI=1S/C26H29FN2O5.CH4/c27-19-6-3-17(4-7-19)24(31)26(9-10-26)25(32)28-20(16-29-11-1-2-12-29)23(30)18-5-8-21-22(15-18)34-14-13-33-21;/h3-8,15,20,23,30H,1-2,9-14,16H2,(H,28,32);1H4/t20-,23-;/m1./s1. The highest BCUT2D eigenvalue weighted by atomic mass is 19.1. The normalized spacial score (nSPS) is 19.8. The second-order valence-electron chi connectivity index (χ2n) is 9.35. The van der Waals surface area contributed by atoms with E-state index in [9.17, 15) is 19.1 Å². The lowest BCUT2D eigenvalue weighted by Crippen LogP contribution is -2.50. The summed E-state index contributed by atoms with van der Waals surface area (Å²) in [5.41, 5.74) is -0.228. The van der Waals surface area contributed by atoms with E-state index in [1.807, 2.05) is 0 Å². The van der Waals surface area contributed by atoms with E-state index in [-0.39, 0.29) is 19.1 Å². The molecule has 2 N–H and O–H groups in total. The lowest BCUT2D eigenvalue weighted by molar-refractivity contribution is -0.126. The van der Waals surface area contributed by atoms with Crippen LogP contribution in [-0.2, 0) is 4.79 Å². The van der Waals surface area contributed by atoms with E-state index in [4.69, 9.17) is 9.47 Å². The average molecular weight is 485 g/mol. The number of ketones is 1. The molecule has 1 aliphatic carbocycles. The summed E-state index contributed by atoms with van der Waals surface area (Å²) >= 11 is 0. The Morgan fingerprint density at radius 1 is 1.03 bits per heavy atom. The Kier molecular flexibility index (Phi) is 7.42. The van der Waals surface area contributed by atoms with Crippen molar-refractivity contribution < 1.29 is 28.6 Å². The minimum atomic E-state index is -1.16. The van der Waals surface area contributed by atoms with Gasteiger partial charge in [-0.25, -0.2) is 4.39 Å². The van der Waals surface area contributed by atoms with Crippen molar-refractivity contribution in [1.29, 1.82) is 0 Å². The highest BCUT2D eigenvalue weighted by Crippen LogP contribution is 2.49. The van der Waals surface area contributed by atoms with E-state index in [2.05, 4.69) is 10.2 Å². The van der Waals surface area contributed by atoms with E-state index in [1.54, 1.807) is 18.2 Å². The van der Waals surface area contributed by atoms with Crippen LogP contribution in [0.15, 0.2) is 42.5 Å². The fraction of sp³-hybridized carbons (Fsp3) is 0.481. The van der Waals surface area contributed by atoms with Gasteiger partial charge in [-0.2, -0.15) is 0 Å². The number of aliphatic hydroxyl groups is 1. The third-order valence-corrected chi connectivity index (χ3v) is 6.98. The molecule has 2 heterocycles. The molecule has 35 heavy (non-hydrogen) atoms. The van der Waals surface area contributed by atoms with E-state index in [0.717, 1.165) is 25.9 Å². The summed E-state index contributed by atoms with van der Waals surface area (Å²) in [6, 6.07) is 9.96. The van der Waals surface area contributed by atoms with Gasteiger partial charge in [0, 0.05) is 12.1 Å². The number of ether oxygens (including phenoxy) is 2. The zero-order valence-corrected chi connectivity index (χ0v) is 19.0. The van der Waals surface area contributed by atoms with Gasteiger partial charge < -0.3 is 24.8 Å². The molecule has 2 aliphatic heterocycles. The van der Waals surface area contributed by atoms with Gasteiger partial charge in [-0.3, -0.25) is 9.59 Å². The zero-order chi connectivity index (χ0) is 23.7. The van der Waals surface area contributed by atoms with Crippen molar-refractivity contribution in [3.63, 3.8) is 0 Å². The highest BCUT2D eigenvalue weighted by molar-refractivity contribution is 6.16. The predicted molar refractivity (Wildman–Crippen MR) is 129 cm³/mol. The van der Waals surface area contributed by atoms with Gasteiger partial charge in [0.05, 0.1) is 6.04 Å². The molecule has 0 spiro atoms. The maximum Gasteiger partial charge on any atom is 0.234 e. The molecule has 2 atom stereocenters. The number of halogens is 1. The fourth-order valence-corrected chi connectivity index (χ4v) is 4.81. The molecule has 3 aliphatic rings. The number of hydrogen-bond donors (Lipinski definition) is 2. The number of carbonyl (C=O) groups is 2. The summed E-state index contributed by atoms with van der Waals surface area (Å²) in [6.07, 6.45) is 2.04. The Morgan fingerprint density at radius 2 is 1.69 bits per heavy atom. The number of hydrogen-bond acceptors (Lipinski definition) is 6. The van der Waals surface area contributed by atoms with Crippen molar-refractivity contribution in [2.45, 2.75) is 45.3 Å². The minimum Gasteiger partial charge on any atom is -0.486 e. The number of benzene rings is 2. The molecule has 5 rings (SSSR count). The largest absolute Gasteiger partial charge is 0.486 e. The maximum atomic E-state index is 13.4. The van der Waals surface area contributed by atoms with Gasteiger partial charge >= 0.3 is 0 Å². The van der Waals surface area contributed by atoms with Gasteiger partial charge in [-0.1, -0.05) is 13.5 Å². The second kappa shape index (κ2) is 10.3. The van der Waals surface area contributed by atoms with Crippen LogP contribution < -0.4 is 14.8 Å². The lowest BCUT2D eigenvalue weighted by Gasteiger charge is -2.30. The van der Waals surface area contributed by atoms with Crippen molar-refractivity contribution in [2.24, 2.45) is 5.41 Å². The molecule has 0 bridgehead atoms. The van der Waals surface area contributed by atoms with Crippen LogP contribution in [0.1, 0.15) is 55.1 Å². The first kappa shape index (κ1) is 25.1. The van der Waals surface area contributed by atoms with Crippen molar-refractivity contribution in [1.82, 2.24) is 10.2 Å². The Morgan fingerprint density at radius 3 is 2.34 bits per heavy atom. The van der Waals surface area contributed by atoms with E-state index >= 15 is 0 Å². The van der Waals surface area contributed by atoms with Crippen LogP contribution in [0.3, 0.4) is 0 Å². The topological polar surface area (TPSA) is 88.1 Å². The van der Waals surface area contributed by atoms with Gasteiger partial charge in [0.25, 0.3) is 0 Å². The van der Waals surface area contributed by atoms with Crippen LogP contribution >= 0.6 is 0 Å². The predicted octanol–water partition coefficient (Wildman–Crippen LogP) is 3.51. The van der Waals surface area contributed by atoms with Gasteiger partial charge in [0.15, 0.2) is 17.3 Å². The van der Waals surface area contributed by atoms with Crippen molar-refractivity contribution in [3.05, 3.63) is 59.4 Å². The molecular formula is C27H33FN2O5. The van der Waals surface area contributed by atoms with Crippen LogP contribution in [0.5, 0.6) is 11.5 Å². The smallest absolute Gasteiger partial charge is 0.234 e. The number of Topliss-reactive ketones (excluding diaryl/α,β-unsaturated/α-hetero) is 1. The van der Waals surface area contributed by atoms with Crippen molar-refractivity contribution >= 4 is 11.7 Å². The first-order valence-electron chi connectivity index (χ1n) is 11.9. The monoisotopic (exact) mass is 484 g/mol. The molecule has 0 radical (unpaired) electrons. The molecule has 1 saturated heterocycles. The quantitative estimate of drug-likeness (QED) is 0.441. The summed E-state index contributed by atoms with van der Waals surface area (Å²) in [5.74, 6) is 0.0730. The van der Waals surface area contributed by atoms with Gasteiger partial charge in [-0.05, 0) is 80.7 Å². The third-order valence-electron chi connectivity index (χ3n) is 6.98. The number of likely N-dealkylation sites (tertiary alicyclic amines) is 1. The Hall–Kier alpha value is -2.97. The van der Waals surface area contributed by atoms with E-state index in [1.165, 1.54) is 24.3 Å². The molecule has 0 aromatic heterocycles. The number of rotatable bonds is 8. The summed E-state index contributed by atoms with van der Waals surface area (Å²) in [7, 11) is 0. The lowest BCUT2D eigenvalue weighted by atomic mass is 9.92. The van der Waals surface area contributed by atoms with E-state index in [0.29, 0.717) is 55.2 Å². The van der Waals surface area contributed by atoms with Crippen molar-refractivity contribution in [3.8, 4) is 11.5 Å².